The summed E-state index contributed by atoms with van der Waals surface area (Å²) in [6, 6.07) is 18.2. The number of benzene rings is 2. The molecule has 0 saturated heterocycles. The summed E-state index contributed by atoms with van der Waals surface area (Å²) in [6.07, 6.45) is 10.6. The van der Waals surface area contributed by atoms with Gasteiger partial charge >= 0.3 is 156 Å². The number of rotatable bonds is 6. The van der Waals surface area contributed by atoms with Crippen LogP contribution in [0.4, 0.5) is 0 Å². The van der Waals surface area contributed by atoms with Gasteiger partial charge in [-0.15, -0.1) is 0 Å². The summed E-state index contributed by atoms with van der Waals surface area (Å²) in [4.78, 5) is 0. The van der Waals surface area contributed by atoms with Gasteiger partial charge in [-0.1, -0.05) is 0 Å². The van der Waals surface area contributed by atoms with Crippen LogP contribution in [0.3, 0.4) is 0 Å². The van der Waals surface area contributed by atoms with Crippen LogP contribution < -0.4 is 0 Å². The van der Waals surface area contributed by atoms with Crippen LogP contribution >= 0.6 is 20.8 Å². The number of hydrogen-bond donors (Lipinski definition) is 0. The predicted molar refractivity (Wildman–Crippen MR) is 115 cm³/mol. The minimum absolute atomic E-state index is 1.26. The van der Waals surface area contributed by atoms with E-state index < -0.39 is 5.31 Å². The van der Waals surface area contributed by atoms with E-state index in [9.17, 15) is 0 Å². The molecule has 1 heterocycles. The first-order valence-electron chi connectivity index (χ1n) is 9.46. The Morgan fingerprint density at radius 3 is 1.58 bits per heavy atom. The van der Waals surface area contributed by atoms with Gasteiger partial charge < -0.3 is 0 Å². The summed E-state index contributed by atoms with van der Waals surface area (Å²) < 4.78 is 0. The Morgan fingerprint density at radius 1 is 0.750 bits per heavy atom. The van der Waals surface area contributed by atoms with Crippen LogP contribution in [0.15, 0.2) is 48.5 Å². The first-order chi connectivity index (χ1) is 11.6. The molecule has 0 atom stereocenters. The molecule has 0 radical (unpaired) electrons. The molecule has 0 N–H and O–H groups in total. The number of hydrogen-bond acceptors (Lipinski definition) is 0. The SMILES string of the molecule is CCCCP1(Br)(CCCC)Cc2ccccc2-c2ccccc2C1. The van der Waals surface area contributed by atoms with E-state index in [1.165, 1.54) is 61.5 Å². The van der Waals surface area contributed by atoms with E-state index in [-0.39, 0.29) is 0 Å². The summed E-state index contributed by atoms with van der Waals surface area (Å²) in [5, 5.41) is -1.96. The fraction of sp³-hybridized carbons (Fsp3) is 0.455. The fourth-order valence-corrected chi connectivity index (χ4v) is 12.8. The first-order valence-corrected chi connectivity index (χ1v) is 14.5. The molecule has 0 amide bonds. The minimum atomic E-state index is -1.96. The molecule has 1 aliphatic heterocycles. The zero-order chi connectivity index (χ0) is 17.1. The third-order valence-electron chi connectivity index (χ3n) is 5.60. The zero-order valence-corrected chi connectivity index (χ0v) is 17.6. The normalized spacial score (nSPS) is 19.4. The van der Waals surface area contributed by atoms with Crippen molar-refractivity contribution in [1.29, 1.82) is 0 Å². The van der Waals surface area contributed by atoms with E-state index in [0.717, 1.165) is 0 Å². The third-order valence-corrected chi connectivity index (χ3v) is 14.4. The summed E-state index contributed by atoms with van der Waals surface area (Å²) in [5.41, 5.74) is 6.05. The van der Waals surface area contributed by atoms with Gasteiger partial charge in [-0.05, 0) is 0 Å². The summed E-state index contributed by atoms with van der Waals surface area (Å²) in [6.45, 7) is 4.66. The average Bonchev–Trinajstić information content (AvgIpc) is 2.71. The Kier molecular flexibility index (Phi) is 5.52. The molecule has 0 unspecified atom stereocenters. The van der Waals surface area contributed by atoms with Crippen LogP contribution in [-0.2, 0) is 12.3 Å². The predicted octanol–water partition coefficient (Wildman–Crippen LogP) is 7.83. The van der Waals surface area contributed by atoms with Crippen LogP contribution in [-0.4, -0.2) is 12.3 Å². The third kappa shape index (κ3) is 3.63. The number of halogens is 1. The van der Waals surface area contributed by atoms with E-state index in [0.29, 0.717) is 0 Å². The molecule has 24 heavy (non-hydrogen) atoms. The molecule has 3 rings (SSSR count). The molecule has 0 nitrogen and oxygen atoms in total. The molecule has 0 fully saturated rings. The standard InChI is InChI=1S/C22H30BrP/c1-3-5-15-24(23,16-6-4-2)17-19-11-7-9-13-21(19)22-14-10-8-12-20(22)18-24/h7-14H,3-6,15-18H2,1-2H3. The van der Waals surface area contributed by atoms with Gasteiger partial charge in [0.15, 0.2) is 0 Å². The molecule has 130 valence electrons. The van der Waals surface area contributed by atoms with Gasteiger partial charge in [0.2, 0.25) is 0 Å². The van der Waals surface area contributed by atoms with E-state index in [2.05, 4.69) is 77.9 Å². The molecule has 2 aromatic carbocycles. The topological polar surface area (TPSA) is 0 Å². The molecule has 0 aromatic heterocycles. The monoisotopic (exact) mass is 404 g/mol. The molecule has 2 heteroatoms. The van der Waals surface area contributed by atoms with Crippen molar-refractivity contribution >= 4 is 20.8 Å². The van der Waals surface area contributed by atoms with Crippen LogP contribution in [0, 0.1) is 0 Å². The van der Waals surface area contributed by atoms with Crippen LogP contribution in [0.1, 0.15) is 50.7 Å². The maximum absolute atomic E-state index is 4.53. The van der Waals surface area contributed by atoms with Gasteiger partial charge in [0.1, 0.15) is 0 Å². The van der Waals surface area contributed by atoms with Crippen LogP contribution in [0.2, 0.25) is 0 Å². The van der Waals surface area contributed by atoms with Gasteiger partial charge in [-0.2, -0.15) is 0 Å². The van der Waals surface area contributed by atoms with Crippen molar-refractivity contribution < 1.29 is 0 Å². The van der Waals surface area contributed by atoms with Crippen molar-refractivity contribution in [3.63, 3.8) is 0 Å². The second-order valence-electron chi connectivity index (χ2n) is 7.60. The van der Waals surface area contributed by atoms with E-state index in [4.69, 9.17) is 0 Å². The molecule has 0 saturated carbocycles. The first kappa shape index (κ1) is 18.2. The van der Waals surface area contributed by atoms with Gasteiger partial charge in [-0.25, -0.2) is 0 Å². The molecular weight excluding hydrogens is 375 g/mol. The molecule has 0 spiro atoms. The zero-order valence-electron chi connectivity index (χ0n) is 15.1. The molecule has 0 bridgehead atoms. The Hall–Kier alpha value is -0.650. The van der Waals surface area contributed by atoms with E-state index in [1.807, 2.05) is 0 Å². The van der Waals surface area contributed by atoms with Crippen molar-refractivity contribution in [3.8, 4) is 11.1 Å². The summed E-state index contributed by atoms with van der Waals surface area (Å²) in [7, 11) is 0. The maximum atomic E-state index is 4.53. The number of fused-ring (bicyclic) bond motifs is 3. The van der Waals surface area contributed by atoms with Crippen molar-refractivity contribution in [2.75, 3.05) is 12.3 Å². The molecular formula is C22H30BrP. The van der Waals surface area contributed by atoms with Crippen LogP contribution in [0.5, 0.6) is 0 Å². The van der Waals surface area contributed by atoms with Gasteiger partial charge in [0.05, 0.1) is 0 Å². The Labute approximate surface area is 155 Å². The second kappa shape index (κ2) is 7.30. The van der Waals surface area contributed by atoms with E-state index in [1.54, 1.807) is 11.1 Å². The van der Waals surface area contributed by atoms with Gasteiger partial charge in [-0.3, -0.25) is 0 Å². The second-order valence-corrected chi connectivity index (χ2v) is 18.8. The summed E-state index contributed by atoms with van der Waals surface area (Å²) in [5.74, 6) is 0. The van der Waals surface area contributed by atoms with Crippen LogP contribution in [0.25, 0.3) is 11.1 Å². The Morgan fingerprint density at radius 2 is 1.17 bits per heavy atom. The Bertz CT molecular complexity index is 647. The van der Waals surface area contributed by atoms with Crippen molar-refractivity contribution in [3.05, 3.63) is 59.7 Å². The van der Waals surface area contributed by atoms with Gasteiger partial charge in [0, 0.05) is 0 Å². The summed E-state index contributed by atoms with van der Waals surface area (Å²) >= 11 is 4.53. The Balaban J connectivity index is 2.16. The van der Waals surface area contributed by atoms with E-state index >= 15 is 0 Å². The van der Waals surface area contributed by atoms with Gasteiger partial charge in [0.25, 0.3) is 0 Å². The quantitative estimate of drug-likeness (QED) is 0.430. The molecule has 1 aliphatic rings. The number of unbranched alkanes of at least 4 members (excludes halogenated alkanes) is 2. The van der Waals surface area contributed by atoms with Crippen molar-refractivity contribution in [1.82, 2.24) is 0 Å². The van der Waals surface area contributed by atoms with Crippen molar-refractivity contribution in [2.24, 2.45) is 0 Å². The molecule has 2 aromatic rings. The van der Waals surface area contributed by atoms with Crippen molar-refractivity contribution in [2.45, 2.75) is 51.9 Å². The average molecular weight is 405 g/mol. The fourth-order valence-electron chi connectivity index (χ4n) is 4.28. The molecule has 0 aliphatic carbocycles.